The maximum absolute atomic E-state index is 13.5. The van der Waals surface area contributed by atoms with Crippen molar-refractivity contribution >= 4 is 19.7 Å². The average Bonchev–Trinajstić information content (AvgIpc) is 3.40. The Balaban J connectivity index is 5.07. The highest BCUT2D eigenvalue weighted by Crippen LogP contribution is 2.38. The number of nitrogens with one attached hydrogen (secondary N) is 1. The van der Waals surface area contributed by atoms with Gasteiger partial charge in [-0.25, -0.2) is 0 Å². The van der Waals surface area contributed by atoms with Crippen molar-refractivity contribution in [2.75, 3.05) is 40.9 Å². The number of amides is 1. The second kappa shape index (κ2) is 57.9. The minimum Gasteiger partial charge on any atom is -0.756 e. The van der Waals surface area contributed by atoms with Crippen LogP contribution in [0.2, 0.25) is 0 Å². The van der Waals surface area contributed by atoms with E-state index in [-0.39, 0.29) is 24.9 Å². The number of rotatable bonds is 60. The number of hydrogen-bond acceptors (Lipinski definition) is 7. The molecule has 3 unspecified atom stereocenters. The highest BCUT2D eigenvalue weighted by Gasteiger charge is 2.27. The summed E-state index contributed by atoms with van der Waals surface area (Å²) in [7, 11) is 1.18. The number of unbranched alkanes of at least 4 members (excludes halogenated alkanes) is 38. The van der Waals surface area contributed by atoms with Gasteiger partial charge < -0.3 is 28.5 Å². The molecular formula is C68H127N2O7P. The Kier molecular flexibility index (Phi) is 56.2. The zero-order valence-corrected chi connectivity index (χ0v) is 53.0. The van der Waals surface area contributed by atoms with Crippen LogP contribution in [0, 0.1) is 0 Å². The van der Waals surface area contributed by atoms with Gasteiger partial charge in [0.1, 0.15) is 19.3 Å². The van der Waals surface area contributed by atoms with E-state index in [1.54, 1.807) is 0 Å². The molecule has 0 rings (SSSR count). The van der Waals surface area contributed by atoms with Crippen LogP contribution >= 0.6 is 7.82 Å². The Morgan fingerprint density at radius 2 is 0.833 bits per heavy atom. The van der Waals surface area contributed by atoms with Gasteiger partial charge in [-0.15, -0.1) is 0 Å². The molecule has 1 amide bonds. The van der Waals surface area contributed by atoms with Crippen molar-refractivity contribution in [3.63, 3.8) is 0 Å². The lowest BCUT2D eigenvalue weighted by Crippen LogP contribution is -2.47. The molecule has 0 aliphatic rings. The summed E-state index contributed by atoms with van der Waals surface area (Å²) in [6, 6.07) is -0.894. The van der Waals surface area contributed by atoms with Crippen LogP contribution in [0.1, 0.15) is 310 Å². The summed E-state index contributed by atoms with van der Waals surface area (Å²) >= 11 is 0. The molecule has 0 aromatic heterocycles. The molecule has 3 atom stereocenters. The van der Waals surface area contributed by atoms with Crippen LogP contribution in [0.5, 0.6) is 0 Å². The molecule has 0 aromatic rings. The number of carbonyl (C=O) groups is 2. The highest BCUT2D eigenvalue weighted by molar-refractivity contribution is 7.45. The smallest absolute Gasteiger partial charge is 0.306 e. The van der Waals surface area contributed by atoms with Crippen molar-refractivity contribution < 1.29 is 37.3 Å². The van der Waals surface area contributed by atoms with Crippen LogP contribution in [0.3, 0.4) is 0 Å². The van der Waals surface area contributed by atoms with Crippen LogP contribution in [0.15, 0.2) is 60.8 Å². The van der Waals surface area contributed by atoms with Crippen molar-refractivity contribution in [2.45, 2.75) is 322 Å². The Morgan fingerprint density at radius 3 is 1.26 bits per heavy atom. The van der Waals surface area contributed by atoms with Crippen LogP contribution < -0.4 is 10.2 Å². The maximum atomic E-state index is 13.5. The van der Waals surface area contributed by atoms with E-state index in [1.165, 1.54) is 199 Å². The predicted octanol–water partition coefficient (Wildman–Crippen LogP) is 20.0. The van der Waals surface area contributed by atoms with E-state index in [2.05, 4.69) is 74.7 Å². The molecule has 78 heavy (non-hydrogen) atoms. The summed E-state index contributed by atoms with van der Waals surface area (Å²) in [5.74, 6) is -0.546. The lowest BCUT2D eigenvalue weighted by atomic mass is 10.0. The summed E-state index contributed by atoms with van der Waals surface area (Å²) in [5.41, 5.74) is 0. The molecule has 456 valence electrons. The lowest BCUT2D eigenvalue weighted by molar-refractivity contribution is -0.870. The average molecular weight is 1120 g/mol. The Bertz CT molecular complexity index is 1520. The van der Waals surface area contributed by atoms with Gasteiger partial charge in [-0.1, -0.05) is 281 Å². The largest absolute Gasteiger partial charge is 0.756 e. The molecule has 0 heterocycles. The minimum atomic E-state index is -4.70. The Labute approximate surface area is 483 Å². The fourth-order valence-corrected chi connectivity index (χ4v) is 10.4. The summed E-state index contributed by atoms with van der Waals surface area (Å²) in [6.07, 6.45) is 73.4. The first kappa shape index (κ1) is 75.7. The third kappa shape index (κ3) is 58.4. The monoisotopic (exact) mass is 1110 g/mol. The quantitative estimate of drug-likeness (QED) is 0.0161. The molecule has 0 spiro atoms. The standard InChI is InChI=1S/C68H127N2O7P/c1-7-10-13-16-19-22-25-28-30-31-32-33-34-35-36-37-38-39-41-43-46-49-52-55-58-61-68(72)77-66(59-56-53-50-47-44-27-24-21-18-15-12-9-3)65(64-76-78(73,74)75-63-62-70(4,5)6)69-67(71)60-57-54-51-48-45-42-40-29-26-23-20-17-14-11-8-2/h11,14,17,20,23,26,28,30,56,59,65-66H,7-10,12-13,15-16,18-19,21-22,24-25,27,29,31-55,57-58,60-64H2,1-6H3,(H-,69,71,73,74)/b14-11+,20-17+,26-23+,30-28+,59-56-. The van der Waals surface area contributed by atoms with Crippen molar-refractivity contribution in [1.29, 1.82) is 0 Å². The van der Waals surface area contributed by atoms with Gasteiger partial charge in [-0.05, 0) is 76.7 Å². The van der Waals surface area contributed by atoms with E-state index in [1.807, 2.05) is 33.3 Å². The maximum Gasteiger partial charge on any atom is 0.306 e. The molecule has 9 nitrogen and oxygen atoms in total. The number of hydrogen-bond donors (Lipinski definition) is 1. The number of carbonyl (C=O) groups excluding carboxylic acids is 2. The molecule has 0 aliphatic carbocycles. The number of likely N-dealkylation sites (N-methyl/N-ethyl adjacent to an activating group) is 1. The molecule has 0 saturated heterocycles. The molecule has 10 heteroatoms. The van der Waals surface area contributed by atoms with E-state index in [4.69, 9.17) is 13.8 Å². The summed E-state index contributed by atoms with van der Waals surface area (Å²) in [4.78, 5) is 40.0. The zero-order valence-electron chi connectivity index (χ0n) is 52.1. The number of ether oxygens (including phenoxy) is 1. The topological polar surface area (TPSA) is 114 Å². The first-order valence-electron chi connectivity index (χ1n) is 33.1. The van der Waals surface area contributed by atoms with E-state index >= 15 is 0 Å². The van der Waals surface area contributed by atoms with E-state index < -0.39 is 26.6 Å². The van der Waals surface area contributed by atoms with Crippen LogP contribution in [-0.4, -0.2) is 69.4 Å². The number of phosphoric acid groups is 1. The third-order valence-corrected chi connectivity index (χ3v) is 15.7. The van der Waals surface area contributed by atoms with Gasteiger partial charge in [0, 0.05) is 12.8 Å². The van der Waals surface area contributed by atoms with Crippen LogP contribution in [0.4, 0.5) is 0 Å². The van der Waals surface area contributed by atoms with Gasteiger partial charge in [0.25, 0.3) is 7.82 Å². The fourth-order valence-electron chi connectivity index (χ4n) is 9.64. The van der Waals surface area contributed by atoms with E-state index in [9.17, 15) is 19.0 Å². The van der Waals surface area contributed by atoms with Gasteiger partial charge in [0.2, 0.25) is 5.91 Å². The summed E-state index contributed by atoms with van der Waals surface area (Å²) < 4.78 is 30.4. The van der Waals surface area contributed by atoms with Crippen LogP contribution in [-0.2, 0) is 27.9 Å². The highest BCUT2D eigenvalue weighted by atomic mass is 31.2. The van der Waals surface area contributed by atoms with Gasteiger partial charge >= 0.3 is 5.97 Å². The van der Waals surface area contributed by atoms with Crippen LogP contribution in [0.25, 0.3) is 0 Å². The van der Waals surface area contributed by atoms with Crippen molar-refractivity contribution in [2.24, 2.45) is 0 Å². The lowest BCUT2D eigenvalue weighted by Gasteiger charge is -2.30. The summed E-state index contributed by atoms with van der Waals surface area (Å²) in [6.45, 7) is 6.73. The normalized spacial score (nSPS) is 14.0. The minimum absolute atomic E-state index is 0.0252. The molecule has 0 aliphatic heterocycles. The van der Waals surface area contributed by atoms with Crippen molar-refractivity contribution in [1.82, 2.24) is 5.32 Å². The molecule has 1 N–H and O–H groups in total. The molecular weight excluding hydrogens is 988 g/mol. The Hall–Kier alpha value is -2.29. The number of phosphoric ester groups is 1. The van der Waals surface area contributed by atoms with E-state index in [0.29, 0.717) is 17.4 Å². The zero-order chi connectivity index (χ0) is 57.2. The van der Waals surface area contributed by atoms with Gasteiger partial charge in [0.15, 0.2) is 0 Å². The Morgan fingerprint density at radius 1 is 0.462 bits per heavy atom. The second-order valence-electron chi connectivity index (χ2n) is 23.7. The van der Waals surface area contributed by atoms with Gasteiger partial charge in [-0.2, -0.15) is 0 Å². The molecule has 0 saturated carbocycles. The summed E-state index contributed by atoms with van der Waals surface area (Å²) in [5, 5.41) is 3.03. The fraction of sp³-hybridized carbons (Fsp3) is 0.824. The number of quaternary nitrogens is 1. The molecule has 0 fully saturated rings. The second-order valence-corrected chi connectivity index (χ2v) is 25.1. The van der Waals surface area contributed by atoms with Gasteiger partial charge in [0.05, 0.1) is 33.8 Å². The molecule has 0 radical (unpaired) electrons. The number of esters is 1. The predicted molar refractivity (Wildman–Crippen MR) is 335 cm³/mol. The van der Waals surface area contributed by atoms with Gasteiger partial charge in [-0.3, -0.25) is 14.2 Å². The first-order chi connectivity index (χ1) is 37.9. The SMILES string of the molecule is CC/C=C/C=C/C=C/CCCCCCCCCC(=O)NC(COP(=O)([O-])OCC[N+](C)(C)C)C(/C=C\CCCCCCCCCCCC)OC(=O)CCCCCCCCCCCCCCCCC/C=C/CCCCCCCC. The van der Waals surface area contributed by atoms with Crippen molar-refractivity contribution in [3.05, 3.63) is 60.8 Å². The van der Waals surface area contributed by atoms with Crippen molar-refractivity contribution in [3.8, 4) is 0 Å². The molecule has 0 aromatic carbocycles. The third-order valence-electron chi connectivity index (χ3n) is 14.7. The molecule has 0 bridgehead atoms. The number of nitrogens with zero attached hydrogens (tertiary/aromatic N) is 1. The van der Waals surface area contributed by atoms with E-state index in [0.717, 1.165) is 77.0 Å². The number of allylic oxidation sites excluding steroid dienone is 9. The first-order valence-corrected chi connectivity index (χ1v) is 34.6.